The average molecular weight is 556 g/mol. The number of thioether (sulfide) groups is 1. The number of hydrogen-bond acceptors (Lipinski definition) is 4. The zero-order valence-electron chi connectivity index (χ0n) is 19.0. The summed E-state index contributed by atoms with van der Waals surface area (Å²) in [7, 11) is 7.78. The van der Waals surface area contributed by atoms with Gasteiger partial charge >= 0.3 is 0 Å². The van der Waals surface area contributed by atoms with Crippen LogP contribution in [0.25, 0.3) is 0 Å². The van der Waals surface area contributed by atoms with Crippen molar-refractivity contribution in [3.63, 3.8) is 0 Å². The molecule has 0 aliphatic carbocycles. The number of halogens is 1. The van der Waals surface area contributed by atoms with Crippen LogP contribution in [-0.4, -0.2) is 69.2 Å². The van der Waals surface area contributed by atoms with E-state index in [2.05, 4.69) is 51.0 Å². The van der Waals surface area contributed by atoms with Crippen LogP contribution in [0.3, 0.4) is 0 Å². The van der Waals surface area contributed by atoms with Gasteiger partial charge in [0, 0.05) is 50.7 Å². The molecular weight excluding hydrogens is 521 g/mol. The molecule has 0 saturated carbocycles. The lowest BCUT2D eigenvalue weighted by atomic mass is 10.1. The molecule has 6 nitrogen and oxygen atoms in total. The lowest BCUT2D eigenvalue weighted by Gasteiger charge is -2.22. The van der Waals surface area contributed by atoms with Crippen LogP contribution in [0.2, 0.25) is 0 Å². The minimum Gasteiger partial charge on any atom is -0.352 e. The van der Waals surface area contributed by atoms with Crippen molar-refractivity contribution >= 4 is 47.6 Å². The third-order valence-electron chi connectivity index (χ3n) is 4.64. The molecule has 0 aliphatic heterocycles. The van der Waals surface area contributed by atoms with Gasteiger partial charge in [0.1, 0.15) is 0 Å². The van der Waals surface area contributed by atoms with Crippen LogP contribution in [-0.2, 0) is 13.1 Å². The van der Waals surface area contributed by atoms with Crippen LogP contribution in [0.15, 0.2) is 58.4 Å². The molecule has 0 fully saturated rings. The van der Waals surface area contributed by atoms with Crippen LogP contribution in [0.5, 0.6) is 0 Å². The molecule has 0 unspecified atom stereocenters. The molecule has 1 amide bonds. The van der Waals surface area contributed by atoms with Crippen molar-refractivity contribution < 1.29 is 4.79 Å². The van der Waals surface area contributed by atoms with Crippen LogP contribution in [0.4, 0.5) is 0 Å². The summed E-state index contributed by atoms with van der Waals surface area (Å²) in [6.45, 7) is 2.81. The van der Waals surface area contributed by atoms with Gasteiger partial charge in [-0.1, -0.05) is 24.3 Å². The maximum Gasteiger partial charge on any atom is 0.251 e. The molecule has 2 aromatic rings. The standard InChI is InChI=1S/C23H33N5OS.HI/c1-24-23(28(4)17-18-9-11-21(30-5)12-10-18)26-16-19-7-6-8-20(15-19)22(29)25-13-14-27(2)3;/h6-12,15H,13-14,16-17H2,1-5H3,(H,24,26)(H,25,29);1H. The van der Waals surface area contributed by atoms with Crippen LogP contribution in [0.1, 0.15) is 21.5 Å². The van der Waals surface area contributed by atoms with Gasteiger partial charge in [-0.05, 0) is 55.7 Å². The SMILES string of the molecule is CN=C(NCc1cccc(C(=O)NCCN(C)C)c1)N(C)Cc1ccc(SC)cc1.I. The largest absolute Gasteiger partial charge is 0.352 e. The smallest absolute Gasteiger partial charge is 0.251 e. The Labute approximate surface area is 207 Å². The van der Waals surface area contributed by atoms with Crippen molar-refractivity contribution in [3.8, 4) is 0 Å². The van der Waals surface area contributed by atoms with Gasteiger partial charge in [0.15, 0.2) is 5.96 Å². The minimum atomic E-state index is -0.0473. The fraction of sp³-hybridized carbons (Fsp3) is 0.391. The van der Waals surface area contributed by atoms with E-state index in [1.807, 2.05) is 50.3 Å². The fourth-order valence-electron chi connectivity index (χ4n) is 2.96. The first-order chi connectivity index (χ1) is 14.4. The number of guanidine groups is 1. The highest BCUT2D eigenvalue weighted by Crippen LogP contribution is 2.15. The number of benzene rings is 2. The maximum absolute atomic E-state index is 12.3. The molecule has 2 rings (SSSR count). The highest BCUT2D eigenvalue weighted by atomic mass is 127. The van der Waals surface area contributed by atoms with Crippen molar-refractivity contribution in [2.24, 2.45) is 4.99 Å². The van der Waals surface area contributed by atoms with Crippen molar-refractivity contribution in [3.05, 3.63) is 65.2 Å². The van der Waals surface area contributed by atoms with Crippen LogP contribution < -0.4 is 10.6 Å². The van der Waals surface area contributed by atoms with E-state index in [0.29, 0.717) is 18.7 Å². The Balaban J connectivity index is 0.00000480. The van der Waals surface area contributed by atoms with Gasteiger partial charge in [0.25, 0.3) is 5.91 Å². The summed E-state index contributed by atoms with van der Waals surface area (Å²) >= 11 is 1.74. The maximum atomic E-state index is 12.3. The number of likely N-dealkylation sites (N-methyl/N-ethyl adjacent to an activating group) is 1. The number of carbonyl (C=O) groups excluding carboxylic acids is 1. The molecule has 0 heterocycles. The van der Waals surface area contributed by atoms with E-state index in [9.17, 15) is 4.79 Å². The minimum absolute atomic E-state index is 0. The number of nitrogens with zero attached hydrogens (tertiary/aromatic N) is 3. The number of hydrogen-bond donors (Lipinski definition) is 2. The monoisotopic (exact) mass is 555 g/mol. The summed E-state index contributed by atoms with van der Waals surface area (Å²) in [5.41, 5.74) is 2.94. The van der Waals surface area contributed by atoms with Crippen molar-refractivity contribution in [1.82, 2.24) is 20.4 Å². The Morgan fingerprint density at radius 1 is 1.03 bits per heavy atom. The molecular formula is C23H34IN5OS. The predicted molar refractivity (Wildman–Crippen MR) is 143 cm³/mol. The van der Waals surface area contributed by atoms with Crippen LogP contribution >= 0.6 is 35.7 Å². The van der Waals surface area contributed by atoms with E-state index in [4.69, 9.17) is 0 Å². The first-order valence-corrected chi connectivity index (χ1v) is 11.2. The number of nitrogens with one attached hydrogen (secondary N) is 2. The van der Waals surface area contributed by atoms with E-state index >= 15 is 0 Å². The van der Waals surface area contributed by atoms with Gasteiger partial charge in [0.05, 0.1) is 0 Å². The van der Waals surface area contributed by atoms with Crippen LogP contribution in [0, 0.1) is 0 Å². The predicted octanol–water partition coefficient (Wildman–Crippen LogP) is 3.53. The third-order valence-corrected chi connectivity index (χ3v) is 5.38. The van der Waals surface area contributed by atoms with Gasteiger partial charge in [0.2, 0.25) is 0 Å². The molecule has 2 N–H and O–H groups in total. The second-order valence-electron chi connectivity index (χ2n) is 7.36. The highest BCUT2D eigenvalue weighted by Gasteiger charge is 2.09. The molecule has 31 heavy (non-hydrogen) atoms. The van der Waals surface area contributed by atoms with E-state index in [0.717, 1.165) is 24.6 Å². The molecule has 170 valence electrons. The summed E-state index contributed by atoms with van der Waals surface area (Å²) in [6.07, 6.45) is 2.08. The topological polar surface area (TPSA) is 60.0 Å². The Morgan fingerprint density at radius 2 is 1.74 bits per heavy atom. The summed E-state index contributed by atoms with van der Waals surface area (Å²) in [5, 5.41) is 6.34. The third kappa shape index (κ3) is 9.49. The molecule has 0 bridgehead atoms. The summed E-state index contributed by atoms with van der Waals surface area (Å²) < 4.78 is 0. The van der Waals surface area contributed by atoms with Crippen molar-refractivity contribution in [2.75, 3.05) is 47.5 Å². The summed E-state index contributed by atoms with van der Waals surface area (Å²) in [6, 6.07) is 16.3. The quantitative estimate of drug-likeness (QED) is 0.215. The molecule has 0 radical (unpaired) electrons. The molecule has 0 atom stereocenters. The second-order valence-corrected chi connectivity index (χ2v) is 8.24. The molecule has 2 aromatic carbocycles. The van der Waals surface area contributed by atoms with Gasteiger partial charge in [-0.15, -0.1) is 35.7 Å². The Kier molecular flexibility index (Phi) is 12.6. The van der Waals surface area contributed by atoms with E-state index in [-0.39, 0.29) is 29.9 Å². The lowest BCUT2D eigenvalue weighted by Crippen LogP contribution is -2.38. The highest BCUT2D eigenvalue weighted by molar-refractivity contribution is 14.0. The number of carbonyl (C=O) groups is 1. The van der Waals surface area contributed by atoms with Gasteiger partial charge in [-0.2, -0.15) is 0 Å². The van der Waals surface area contributed by atoms with Gasteiger partial charge in [-0.25, -0.2) is 0 Å². The van der Waals surface area contributed by atoms with Gasteiger partial charge < -0.3 is 20.4 Å². The van der Waals surface area contributed by atoms with Gasteiger partial charge in [-0.3, -0.25) is 9.79 Å². The average Bonchev–Trinajstić information content (AvgIpc) is 2.74. The molecule has 8 heteroatoms. The summed E-state index contributed by atoms with van der Waals surface area (Å²) in [4.78, 5) is 22.1. The second kappa shape index (κ2) is 14.3. The van der Waals surface area contributed by atoms with Crippen molar-refractivity contribution in [1.29, 1.82) is 0 Å². The fourth-order valence-corrected chi connectivity index (χ4v) is 3.37. The molecule has 0 spiro atoms. The molecule has 0 aromatic heterocycles. The molecule has 0 aliphatic rings. The molecule has 0 saturated heterocycles. The zero-order chi connectivity index (χ0) is 21.9. The first-order valence-electron chi connectivity index (χ1n) is 9.99. The first kappa shape index (κ1) is 27.3. The Bertz CT molecular complexity index is 842. The van der Waals surface area contributed by atoms with E-state index in [1.165, 1.54) is 10.5 Å². The number of amides is 1. The Hall–Kier alpha value is -1.78. The Morgan fingerprint density at radius 3 is 2.35 bits per heavy atom. The van der Waals surface area contributed by atoms with Crippen molar-refractivity contribution in [2.45, 2.75) is 18.0 Å². The number of rotatable bonds is 9. The van der Waals surface area contributed by atoms with E-state index in [1.54, 1.807) is 18.8 Å². The normalized spacial score (nSPS) is 11.1. The van der Waals surface area contributed by atoms with E-state index < -0.39 is 0 Å². The number of aliphatic imine (C=N–C) groups is 1. The zero-order valence-corrected chi connectivity index (χ0v) is 22.2. The summed E-state index contributed by atoms with van der Waals surface area (Å²) in [5.74, 6) is 0.763. The lowest BCUT2D eigenvalue weighted by molar-refractivity contribution is 0.0951.